The highest BCUT2D eigenvalue weighted by atomic mass is 16.6. The molecule has 3 aromatic carbocycles. The third kappa shape index (κ3) is 4.05. The van der Waals surface area contributed by atoms with Crippen molar-refractivity contribution in [1.82, 2.24) is 0 Å². The zero-order valence-electron chi connectivity index (χ0n) is 16.2. The Morgan fingerprint density at radius 3 is 2.22 bits per heavy atom. The molecular formula is C22H13N3O7. The van der Waals surface area contributed by atoms with Crippen LogP contribution in [0.25, 0.3) is 22.1 Å². The molecule has 0 aliphatic heterocycles. The summed E-state index contributed by atoms with van der Waals surface area (Å²) in [5, 5.41) is 25.4. The Morgan fingerprint density at radius 2 is 1.53 bits per heavy atom. The molecule has 0 saturated carbocycles. The Labute approximate surface area is 179 Å². The van der Waals surface area contributed by atoms with Gasteiger partial charge in [-0.3, -0.25) is 25.0 Å². The van der Waals surface area contributed by atoms with E-state index in [1.54, 1.807) is 48.5 Å². The zero-order chi connectivity index (χ0) is 22.8. The molecule has 4 aromatic rings. The van der Waals surface area contributed by atoms with Crippen molar-refractivity contribution in [2.45, 2.75) is 0 Å². The highest BCUT2D eigenvalue weighted by molar-refractivity contribution is 6.05. The Bertz CT molecular complexity index is 1430. The van der Waals surface area contributed by atoms with Gasteiger partial charge < -0.3 is 9.73 Å². The first kappa shape index (κ1) is 20.4. The minimum Gasteiger partial charge on any atom is -0.422 e. The first-order chi connectivity index (χ1) is 15.3. The number of carbonyl (C=O) groups excluding carboxylic acids is 1. The number of rotatable bonds is 5. The summed E-state index contributed by atoms with van der Waals surface area (Å²) in [5.41, 5.74) is -0.466. The number of carbonyl (C=O) groups is 1. The first-order valence-electron chi connectivity index (χ1n) is 9.20. The van der Waals surface area contributed by atoms with E-state index in [0.717, 1.165) is 23.6 Å². The number of nitrogens with one attached hydrogen (secondary N) is 1. The second-order valence-electron chi connectivity index (χ2n) is 6.77. The van der Waals surface area contributed by atoms with E-state index in [1.807, 2.05) is 0 Å². The number of para-hydroxylation sites is 1. The van der Waals surface area contributed by atoms with Crippen LogP contribution in [0.1, 0.15) is 10.4 Å². The molecule has 0 aliphatic rings. The number of amides is 1. The number of fused-ring (bicyclic) bond motifs is 1. The van der Waals surface area contributed by atoms with Crippen molar-refractivity contribution in [1.29, 1.82) is 0 Å². The van der Waals surface area contributed by atoms with E-state index < -0.39 is 32.8 Å². The van der Waals surface area contributed by atoms with Crippen LogP contribution in [0, 0.1) is 20.2 Å². The smallest absolute Gasteiger partial charge is 0.344 e. The van der Waals surface area contributed by atoms with Crippen LogP contribution in [0.3, 0.4) is 0 Å². The van der Waals surface area contributed by atoms with Crippen LogP contribution in [0.4, 0.5) is 17.1 Å². The van der Waals surface area contributed by atoms with Gasteiger partial charge in [-0.2, -0.15) is 0 Å². The second kappa shape index (κ2) is 8.11. The minimum absolute atomic E-state index is 0.249. The number of non-ortho nitro benzene ring substituents is 2. The van der Waals surface area contributed by atoms with Gasteiger partial charge in [0.1, 0.15) is 5.58 Å². The van der Waals surface area contributed by atoms with Gasteiger partial charge in [-0.25, -0.2) is 4.79 Å². The fourth-order valence-corrected chi connectivity index (χ4v) is 3.17. The maximum Gasteiger partial charge on any atom is 0.344 e. The molecule has 32 heavy (non-hydrogen) atoms. The fourth-order valence-electron chi connectivity index (χ4n) is 3.17. The molecule has 158 valence electrons. The molecule has 10 heteroatoms. The predicted octanol–water partition coefficient (Wildman–Crippen LogP) is 4.53. The number of nitrogens with zero attached hydrogens (tertiary/aromatic N) is 2. The molecule has 0 bridgehead atoms. The number of hydrogen-bond donors (Lipinski definition) is 1. The first-order valence-corrected chi connectivity index (χ1v) is 9.20. The average Bonchev–Trinajstić information content (AvgIpc) is 2.78. The summed E-state index contributed by atoms with van der Waals surface area (Å²) in [6.45, 7) is 0. The lowest BCUT2D eigenvalue weighted by Gasteiger charge is -2.08. The van der Waals surface area contributed by atoms with Gasteiger partial charge in [0.15, 0.2) is 0 Å². The van der Waals surface area contributed by atoms with Crippen LogP contribution in [0.5, 0.6) is 0 Å². The van der Waals surface area contributed by atoms with Crippen molar-refractivity contribution in [2.75, 3.05) is 5.32 Å². The highest BCUT2D eigenvalue weighted by Gasteiger charge is 2.20. The molecule has 0 radical (unpaired) electrons. The van der Waals surface area contributed by atoms with E-state index in [1.165, 1.54) is 6.07 Å². The third-order valence-electron chi connectivity index (χ3n) is 4.66. The van der Waals surface area contributed by atoms with E-state index in [-0.39, 0.29) is 16.8 Å². The number of benzene rings is 3. The molecule has 1 aromatic heterocycles. The molecule has 0 spiro atoms. The molecule has 0 saturated heterocycles. The monoisotopic (exact) mass is 431 g/mol. The lowest BCUT2D eigenvalue weighted by molar-refractivity contribution is -0.394. The lowest BCUT2D eigenvalue weighted by Crippen LogP contribution is -2.13. The average molecular weight is 431 g/mol. The fraction of sp³-hybridized carbons (Fsp3) is 0. The van der Waals surface area contributed by atoms with Crippen molar-refractivity contribution in [3.8, 4) is 11.1 Å². The summed E-state index contributed by atoms with van der Waals surface area (Å²) in [6, 6.07) is 17.7. The van der Waals surface area contributed by atoms with Crippen LogP contribution < -0.4 is 10.9 Å². The number of nitro groups is 2. The molecule has 0 atom stereocenters. The largest absolute Gasteiger partial charge is 0.422 e. The molecule has 1 N–H and O–H groups in total. The lowest BCUT2D eigenvalue weighted by atomic mass is 10.1. The van der Waals surface area contributed by atoms with E-state index >= 15 is 0 Å². The van der Waals surface area contributed by atoms with Crippen molar-refractivity contribution in [2.24, 2.45) is 0 Å². The molecule has 4 rings (SSSR count). The Morgan fingerprint density at radius 1 is 0.844 bits per heavy atom. The Hall–Kier alpha value is -4.86. The van der Waals surface area contributed by atoms with E-state index in [0.29, 0.717) is 11.1 Å². The topological polar surface area (TPSA) is 146 Å². The maximum absolute atomic E-state index is 12.6. The number of hydrogen-bond acceptors (Lipinski definition) is 7. The normalized spacial score (nSPS) is 10.6. The number of nitro benzene ring substituents is 2. The standard InChI is InChI=1S/C22H13N3O7/c26-21(15-9-17(24(28)29)12-18(10-15)25(30)31)23-16-6-3-5-13(8-16)19-11-14-4-1-2-7-20(14)32-22(19)27/h1-12H,(H,23,26). The second-order valence-corrected chi connectivity index (χ2v) is 6.77. The van der Waals surface area contributed by atoms with Gasteiger partial charge in [-0.05, 0) is 29.8 Å². The summed E-state index contributed by atoms with van der Waals surface area (Å²) < 4.78 is 5.34. The van der Waals surface area contributed by atoms with Crippen LogP contribution in [0.15, 0.2) is 82.0 Å². The predicted molar refractivity (Wildman–Crippen MR) is 116 cm³/mol. The Balaban J connectivity index is 1.68. The Kier molecular flexibility index (Phi) is 5.17. The molecule has 0 fully saturated rings. The molecule has 0 aliphatic carbocycles. The van der Waals surface area contributed by atoms with E-state index in [2.05, 4.69) is 5.32 Å². The molecular weight excluding hydrogens is 418 g/mol. The van der Waals surface area contributed by atoms with Crippen LogP contribution in [0.2, 0.25) is 0 Å². The van der Waals surface area contributed by atoms with Crippen molar-refractivity contribution >= 4 is 33.9 Å². The summed E-state index contributed by atoms with van der Waals surface area (Å²) in [7, 11) is 0. The van der Waals surface area contributed by atoms with E-state index in [4.69, 9.17) is 4.42 Å². The number of anilines is 1. The summed E-state index contributed by atoms with van der Waals surface area (Å²) >= 11 is 0. The van der Waals surface area contributed by atoms with E-state index in [9.17, 15) is 29.8 Å². The summed E-state index contributed by atoms with van der Waals surface area (Å²) in [6.07, 6.45) is 0. The van der Waals surface area contributed by atoms with Gasteiger partial charge in [-0.15, -0.1) is 0 Å². The van der Waals surface area contributed by atoms with Crippen molar-refractivity contribution in [3.63, 3.8) is 0 Å². The van der Waals surface area contributed by atoms with Gasteiger partial charge in [0, 0.05) is 23.2 Å². The van der Waals surface area contributed by atoms with Crippen molar-refractivity contribution < 1.29 is 19.1 Å². The van der Waals surface area contributed by atoms with Crippen LogP contribution >= 0.6 is 0 Å². The highest BCUT2D eigenvalue weighted by Crippen LogP contribution is 2.26. The van der Waals surface area contributed by atoms with Crippen LogP contribution in [-0.4, -0.2) is 15.8 Å². The summed E-state index contributed by atoms with van der Waals surface area (Å²) in [4.78, 5) is 45.5. The zero-order valence-corrected chi connectivity index (χ0v) is 16.2. The van der Waals surface area contributed by atoms with Crippen LogP contribution in [-0.2, 0) is 0 Å². The molecule has 1 amide bonds. The molecule has 0 unspecified atom stereocenters. The van der Waals surface area contributed by atoms with Gasteiger partial charge in [0.2, 0.25) is 0 Å². The van der Waals surface area contributed by atoms with Gasteiger partial charge in [-0.1, -0.05) is 30.3 Å². The van der Waals surface area contributed by atoms with Crippen molar-refractivity contribution in [3.05, 3.63) is 109 Å². The van der Waals surface area contributed by atoms with Gasteiger partial charge in [0.25, 0.3) is 17.3 Å². The SMILES string of the molecule is O=C(Nc1cccc(-c2cc3ccccc3oc2=O)c1)c1cc([N+](=O)[O-])cc([N+](=O)[O-])c1. The summed E-state index contributed by atoms with van der Waals surface area (Å²) in [5.74, 6) is -0.778. The van der Waals surface area contributed by atoms with Gasteiger partial charge in [0.05, 0.1) is 27.0 Å². The third-order valence-corrected chi connectivity index (χ3v) is 4.66. The maximum atomic E-state index is 12.6. The quantitative estimate of drug-likeness (QED) is 0.277. The van der Waals surface area contributed by atoms with Gasteiger partial charge >= 0.3 is 5.63 Å². The molecule has 1 heterocycles. The molecule has 10 nitrogen and oxygen atoms in total. The minimum atomic E-state index is -0.816.